The molecule has 0 aliphatic carbocycles. The van der Waals surface area contributed by atoms with Crippen molar-refractivity contribution >= 4 is 28.8 Å². The van der Waals surface area contributed by atoms with Gasteiger partial charge in [0.05, 0.1) is 6.07 Å². The quantitative estimate of drug-likeness (QED) is 0.593. The van der Waals surface area contributed by atoms with Gasteiger partial charge in [-0.1, -0.05) is 30.3 Å². The fraction of sp³-hybridized carbons (Fsp3) is 0.0588. The van der Waals surface area contributed by atoms with Crippen LogP contribution in [0.2, 0.25) is 0 Å². The summed E-state index contributed by atoms with van der Waals surface area (Å²) in [6.45, 7) is 0. The van der Waals surface area contributed by atoms with E-state index >= 15 is 0 Å². The number of rotatable bonds is 3. The van der Waals surface area contributed by atoms with Gasteiger partial charge in [-0.3, -0.25) is 4.40 Å². The molecule has 108 valence electrons. The van der Waals surface area contributed by atoms with Crippen molar-refractivity contribution in [2.45, 2.75) is 5.03 Å². The first-order chi connectivity index (χ1) is 10.7. The Balaban J connectivity index is 2.19. The Bertz CT molecular complexity index is 888. The van der Waals surface area contributed by atoms with Crippen molar-refractivity contribution < 1.29 is 0 Å². The van der Waals surface area contributed by atoms with Crippen LogP contribution >= 0.6 is 11.8 Å². The van der Waals surface area contributed by atoms with E-state index in [4.69, 9.17) is 11.0 Å². The first-order valence-corrected chi connectivity index (χ1v) is 7.94. The lowest BCUT2D eigenvalue weighted by Crippen LogP contribution is -1.93. The van der Waals surface area contributed by atoms with E-state index in [0.29, 0.717) is 5.82 Å². The Kier molecular flexibility index (Phi) is 3.86. The molecule has 5 heteroatoms. The molecule has 1 aromatic carbocycles. The molecule has 22 heavy (non-hydrogen) atoms. The normalized spacial score (nSPS) is 11.5. The van der Waals surface area contributed by atoms with E-state index in [1.54, 1.807) is 17.8 Å². The highest BCUT2D eigenvalue weighted by Crippen LogP contribution is 2.28. The number of hydrogen-bond acceptors (Lipinski definition) is 4. The van der Waals surface area contributed by atoms with Crippen LogP contribution in [-0.2, 0) is 0 Å². The topological polar surface area (TPSA) is 67.1 Å². The highest BCUT2D eigenvalue weighted by atomic mass is 32.2. The highest BCUT2D eigenvalue weighted by Gasteiger charge is 2.11. The summed E-state index contributed by atoms with van der Waals surface area (Å²) in [5.74, 6) is 0.523. The summed E-state index contributed by atoms with van der Waals surface area (Å²) in [5, 5.41) is 10.0. The summed E-state index contributed by atoms with van der Waals surface area (Å²) in [5.41, 5.74) is 9.57. The molecule has 0 spiro atoms. The molecular formula is C17H14N4S. The number of pyridine rings is 1. The summed E-state index contributed by atoms with van der Waals surface area (Å²) in [6, 6.07) is 15.9. The lowest BCUT2D eigenvalue weighted by Gasteiger charge is -2.08. The zero-order valence-electron chi connectivity index (χ0n) is 12.0. The summed E-state index contributed by atoms with van der Waals surface area (Å²) >= 11 is 1.55. The van der Waals surface area contributed by atoms with Crippen LogP contribution < -0.4 is 5.73 Å². The molecule has 0 saturated heterocycles. The van der Waals surface area contributed by atoms with Crippen molar-refractivity contribution in [2.24, 2.45) is 0 Å². The third kappa shape index (κ3) is 2.45. The van der Waals surface area contributed by atoms with Crippen molar-refractivity contribution in [3.8, 4) is 6.07 Å². The Hall–Kier alpha value is -2.71. The van der Waals surface area contributed by atoms with Crippen LogP contribution in [0.1, 0.15) is 11.1 Å². The first-order valence-electron chi connectivity index (χ1n) is 6.71. The number of imidazole rings is 1. The lowest BCUT2D eigenvalue weighted by molar-refractivity contribution is 1.05. The molecule has 0 unspecified atom stereocenters. The second-order valence-electron chi connectivity index (χ2n) is 4.71. The van der Waals surface area contributed by atoms with Crippen molar-refractivity contribution in [1.29, 1.82) is 5.26 Å². The van der Waals surface area contributed by atoms with Gasteiger partial charge in [0.1, 0.15) is 10.7 Å². The molecule has 0 aliphatic rings. The minimum Gasteiger partial charge on any atom is -0.381 e. The largest absolute Gasteiger partial charge is 0.381 e. The van der Waals surface area contributed by atoms with E-state index in [1.165, 1.54) is 0 Å². The maximum atomic E-state index is 9.11. The summed E-state index contributed by atoms with van der Waals surface area (Å²) in [6.07, 6.45) is 5.51. The van der Waals surface area contributed by atoms with Gasteiger partial charge < -0.3 is 5.73 Å². The maximum Gasteiger partial charge on any atom is 0.156 e. The van der Waals surface area contributed by atoms with E-state index in [0.717, 1.165) is 27.4 Å². The number of nitrogens with zero attached hydrogens (tertiary/aromatic N) is 3. The van der Waals surface area contributed by atoms with Crippen molar-refractivity contribution in [3.63, 3.8) is 0 Å². The molecule has 4 nitrogen and oxygen atoms in total. The summed E-state index contributed by atoms with van der Waals surface area (Å²) in [7, 11) is 0. The number of benzene rings is 1. The van der Waals surface area contributed by atoms with Gasteiger partial charge in [-0.2, -0.15) is 5.26 Å². The molecule has 3 aromatic rings. The average Bonchev–Trinajstić information content (AvgIpc) is 2.87. The Morgan fingerprint density at radius 2 is 2.00 bits per heavy atom. The van der Waals surface area contributed by atoms with Crippen LogP contribution in [-0.4, -0.2) is 15.6 Å². The van der Waals surface area contributed by atoms with E-state index < -0.39 is 0 Å². The van der Waals surface area contributed by atoms with E-state index in [-0.39, 0.29) is 0 Å². The predicted molar refractivity (Wildman–Crippen MR) is 90.5 cm³/mol. The number of anilines is 1. The van der Waals surface area contributed by atoms with Crippen LogP contribution in [0.3, 0.4) is 0 Å². The van der Waals surface area contributed by atoms with Gasteiger partial charge in [0.2, 0.25) is 0 Å². The minimum atomic E-state index is 0.523. The number of allylic oxidation sites excluding steroid dienone is 1. The van der Waals surface area contributed by atoms with Crippen LogP contribution in [0.4, 0.5) is 5.82 Å². The number of aromatic nitrogens is 2. The molecule has 2 aromatic heterocycles. The molecule has 0 radical (unpaired) electrons. The maximum absolute atomic E-state index is 9.11. The van der Waals surface area contributed by atoms with E-state index in [9.17, 15) is 0 Å². The molecule has 0 saturated carbocycles. The fourth-order valence-electron chi connectivity index (χ4n) is 2.42. The third-order valence-electron chi connectivity index (χ3n) is 3.40. The zero-order chi connectivity index (χ0) is 15.5. The summed E-state index contributed by atoms with van der Waals surface area (Å²) in [4.78, 5) is 4.34. The van der Waals surface area contributed by atoms with Gasteiger partial charge in [-0.05, 0) is 29.5 Å². The SMILES string of the molecule is CSc1c(N)nc2ccc(C(=CC#N)c3ccccc3)cn12. The van der Waals surface area contributed by atoms with Crippen LogP contribution in [0.25, 0.3) is 11.2 Å². The molecule has 0 aliphatic heterocycles. The molecule has 0 bridgehead atoms. The Morgan fingerprint density at radius 3 is 2.68 bits per heavy atom. The van der Waals surface area contributed by atoms with Gasteiger partial charge in [0, 0.05) is 17.8 Å². The van der Waals surface area contributed by atoms with Gasteiger partial charge in [-0.25, -0.2) is 4.98 Å². The Labute approximate surface area is 132 Å². The first kappa shape index (κ1) is 14.2. The van der Waals surface area contributed by atoms with E-state index in [1.807, 2.05) is 59.3 Å². The number of nitrogens with two attached hydrogens (primary N) is 1. The third-order valence-corrected chi connectivity index (χ3v) is 4.19. The standard InChI is InChI=1S/C17H14N4S/c1-22-17-16(19)20-15-8-7-13(11-21(15)17)14(9-10-18)12-5-3-2-4-6-12/h2-9,11H,19H2,1H3. The molecular weight excluding hydrogens is 292 g/mol. The molecule has 2 heterocycles. The lowest BCUT2D eigenvalue weighted by atomic mass is 9.99. The molecule has 0 fully saturated rings. The van der Waals surface area contributed by atoms with Crippen molar-refractivity contribution in [3.05, 3.63) is 65.9 Å². The van der Waals surface area contributed by atoms with Crippen LogP contribution in [0, 0.1) is 11.3 Å². The van der Waals surface area contributed by atoms with Gasteiger partial charge in [0.25, 0.3) is 0 Å². The number of nitrogen functional groups attached to an aromatic ring is 1. The minimum absolute atomic E-state index is 0.523. The van der Waals surface area contributed by atoms with Gasteiger partial charge in [0.15, 0.2) is 5.82 Å². The highest BCUT2D eigenvalue weighted by molar-refractivity contribution is 7.98. The van der Waals surface area contributed by atoms with Crippen molar-refractivity contribution in [1.82, 2.24) is 9.38 Å². The number of hydrogen-bond donors (Lipinski definition) is 1. The monoisotopic (exact) mass is 306 g/mol. The molecule has 0 amide bonds. The molecule has 0 atom stereocenters. The average molecular weight is 306 g/mol. The Morgan fingerprint density at radius 1 is 1.23 bits per heavy atom. The van der Waals surface area contributed by atoms with E-state index in [2.05, 4.69) is 11.1 Å². The second-order valence-corrected chi connectivity index (χ2v) is 5.50. The second kappa shape index (κ2) is 5.96. The molecule has 2 N–H and O–H groups in total. The number of nitriles is 1. The van der Waals surface area contributed by atoms with Gasteiger partial charge >= 0.3 is 0 Å². The number of fused-ring (bicyclic) bond motifs is 1. The zero-order valence-corrected chi connectivity index (χ0v) is 12.8. The fourth-order valence-corrected chi connectivity index (χ4v) is 3.02. The van der Waals surface area contributed by atoms with Gasteiger partial charge in [-0.15, -0.1) is 11.8 Å². The molecule has 3 rings (SSSR count). The smallest absolute Gasteiger partial charge is 0.156 e. The van der Waals surface area contributed by atoms with Crippen molar-refractivity contribution in [2.75, 3.05) is 12.0 Å². The van der Waals surface area contributed by atoms with Crippen LogP contribution in [0.5, 0.6) is 0 Å². The number of thioether (sulfide) groups is 1. The predicted octanol–water partition coefficient (Wildman–Crippen LogP) is 3.59. The summed E-state index contributed by atoms with van der Waals surface area (Å²) < 4.78 is 1.96. The van der Waals surface area contributed by atoms with Crippen LogP contribution in [0.15, 0.2) is 59.8 Å².